The Hall–Kier alpha value is -4.57. The summed E-state index contributed by atoms with van der Waals surface area (Å²) in [5, 5.41) is 3.46. The third-order valence-electron chi connectivity index (χ3n) is 6.60. The van der Waals surface area contributed by atoms with E-state index in [0.717, 1.165) is 55.6 Å². The fourth-order valence-corrected chi connectivity index (χ4v) is 5.11. The van der Waals surface area contributed by atoms with Gasteiger partial charge in [-0.25, -0.2) is 4.98 Å². The molecule has 0 aliphatic rings. The molecule has 3 heterocycles. The van der Waals surface area contributed by atoms with Gasteiger partial charge in [0.15, 0.2) is 0 Å². The van der Waals surface area contributed by atoms with Crippen LogP contribution >= 0.6 is 0 Å². The minimum Gasteiger partial charge on any atom is -0.497 e. The van der Waals surface area contributed by atoms with Crippen LogP contribution in [0, 0.1) is 0 Å². The molecule has 0 aliphatic heterocycles. The lowest BCUT2D eigenvalue weighted by atomic mass is 10.2. The molecule has 7 rings (SSSR count). The molecule has 3 aromatic heterocycles. The van der Waals surface area contributed by atoms with Gasteiger partial charge in [0.1, 0.15) is 11.4 Å². The number of hydrogen-bond acceptors (Lipinski definition) is 2. The Morgan fingerprint density at radius 1 is 0.559 bits per heavy atom. The van der Waals surface area contributed by atoms with Gasteiger partial charge in [-0.3, -0.25) is 4.57 Å². The average Bonchev–Trinajstić information content (AvgIpc) is 3.40. The second-order valence-corrected chi connectivity index (χ2v) is 8.47. The molecule has 0 atom stereocenters. The van der Waals surface area contributed by atoms with Crippen molar-refractivity contribution in [3.05, 3.63) is 109 Å². The zero-order chi connectivity index (χ0) is 22.6. The lowest BCUT2D eigenvalue weighted by molar-refractivity contribution is 0.414. The highest BCUT2D eigenvalue weighted by Gasteiger charge is 2.19. The van der Waals surface area contributed by atoms with E-state index in [1.807, 2.05) is 18.2 Å². The summed E-state index contributed by atoms with van der Waals surface area (Å²) in [6.07, 6.45) is 0. The standard InChI is InChI=1S/C30H21N3O/c1-34-22-13-9-12-21(18-22)32-27-17-8-6-15-24(27)29-28(32)19-25-23-14-5-7-16-26(23)33(30(25)31-29)20-10-3-2-4-11-20/h2-19H,1H3. The van der Waals surface area contributed by atoms with Gasteiger partial charge >= 0.3 is 0 Å². The van der Waals surface area contributed by atoms with E-state index in [1.54, 1.807) is 7.11 Å². The van der Waals surface area contributed by atoms with Crippen LogP contribution in [0.1, 0.15) is 0 Å². The second-order valence-electron chi connectivity index (χ2n) is 8.47. The highest BCUT2D eigenvalue weighted by atomic mass is 16.5. The van der Waals surface area contributed by atoms with E-state index in [2.05, 4.69) is 100 Å². The Labute approximate surface area is 196 Å². The molecule has 0 radical (unpaired) electrons. The number of hydrogen-bond donors (Lipinski definition) is 0. The monoisotopic (exact) mass is 439 g/mol. The molecule has 0 amide bonds. The SMILES string of the molecule is COc1cccc(-n2c3ccccc3c3nc4c(cc32)c2ccccc2n4-c2ccccc2)c1. The van der Waals surface area contributed by atoms with Crippen LogP contribution in [0.2, 0.25) is 0 Å². The molecule has 0 spiro atoms. The van der Waals surface area contributed by atoms with E-state index < -0.39 is 0 Å². The quantitative estimate of drug-likeness (QED) is 0.290. The number of pyridine rings is 1. The molecule has 4 nitrogen and oxygen atoms in total. The Morgan fingerprint density at radius 2 is 1.24 bits per heavy atom. The summed E-state index contributed by atoms with van der Waals surface area (Å²) in [5.74, 6) is 0.832. The van der Waals surface area contributed by atoms with Crippen LogP contribution in [-0.2, 0) is 0 Å². The molecule has 4 aromatic carbocycles. The molecule has 0 saturated heterocycles. The maximum Gasteiger partial charge on any atom is 0.146 e. The van der Waals surface area contributed by atoms with Crippen LogP contribution in [-0.4, -0.2) is 21.2 Å². The van der Waals surface area contributed by atoms with E-state index in [-0.39, 0.29) is 0 Å². The Bertz CT molecular complexity index is 1840. The maximum absolute atomic E-state index is 5.52. The van der Waals surface area contributed by atoms with Crippen molar-refractivity contribution in [1.82, 2.24) is 14.1 Å². The molecule has 0 saturated carbocycles. The summed E-state index contributed by atoms with van der Waals surface area (Å²) in [5.41, 5.74) is 7.48. The lowest BCUT2D eigenvalue weighted by Gasteiger charge is -2.09. The molecular formula is C30H21N3O. The number of nitrogens with zero attached hydrogens (tertiary/aromatic N) is 3. The van der Waals surface area contributed by atoms with Crippen molar-refractivity contribution >= 4 is 43.9 Å². The number of aromatic nitrogens is 3. The third-order valence-corrected chi connectivity index (χ3v) is 6.60. The number of fused-ring (bicyclic) bond motifs is 6. The highest BCUT2D eigenvalue weighted by molar-refractivity contribution is 6.15. The van der Waals surface area contributed by atoms with Gasteiger partial charge in [-0.15, -0.1) is 0 Å². The van der Waals surface area contributed by atoms with Crippen LogP contribution < -0.4 is 4.74 Å². The minimum absolute atomic E-state index is 0.832. The van der Waals surface area contributed by atoms with Gasteiger partial charge < -0.3 is 9.30 Å². The molecule has 34 heavy (non-hydrogen) atoms. The van der Waals surface area contributed by atoms with Crippen LogP contribution in [0.5, 0.6) is 5.75 Å². The Morgan fingerprint density at radius 3 is 2.03 bits per heavy atom. The highest BCUT2D eigenvalue weighted by Crippen LogP contribution is 2.37. The van der Waals surface area contributed by atoms with E-state index >= 15 is 0 Å². The summed E-state index contributed by atoms with van der Waals surface area (Å²) < 4.78 is 10.1. The molecule has 0 fully saturated rings. The van der Waals surface area contributed by atoms with Crippen molar-refractivity contribution in [2.45, 2.75) is 0 Å². The normalized spacial score (nSPS) is 11.7. The lowest BCUT2D eigenvalue weighted by Crippen LogP contribution is -1.96. The number of para-hydroxylation sites is 3. The molecular weight excluding hydrogens is 418 g/mol. The van der Waals surface area contributed by atoms with Crippen molar-refractivity contribution in [1.29, 1.82) is 0 Å². The first-order valence-corrected chi connectivity index (χ1v) is 11.4. The fraction of sp³-hybridized carbons (Fsp3) is 0.0333. The first-order chi connectivity index (χ1) is 16.8. The molecule has 0 unspecified atom stereocenters. The topological polar surface area (TPSA) is 32.0 Å². The summed E-state index contributed by atoms with van der Waals surface area (Å²) >= 11 is 0. The fourth-order valence-electron chi connectivity index (χ4n) is 5.11. The van der Waals surface area contributed by atoms with Gasteiger partial charge in [-0.1, -0.05) is 60.7 Å². The van der Waals surface area contributed by atoms with Crippen molar-refractivity contribution in [2.75, 3.05) is 7.11 Å². The van der Waals surface area contributed by atoms with Gasteiger partial charge in [-0.05, 0) is 42.5 Å². The van der Waals surface area contributed by atoms with Crippen molar-refractivity contribution in [2.24, 2.45) is 0 Å². The number of methoxy groups -OCH3 is 1. The molecule has 162 valence electrons. The summed E-state index contributed by atoms with van der Waals surface area (Å²) in [4.78, 5) is 5.32. The summed E-state index contributed by atoms with van der Waals surface area (Å²) in [7, 11) is 1.70. The number of benzene rings is 4. The zero-order valence-corrected chi connectivity index (χ0v) is 18.6. The van der Waals surface area contributed by atoms with Gasteiger partial charge in [-0.2, -0.15) is 0 Å². The summed E-state index contributed by atoms with van der Waals surface area (Å²) in [6.45, 7) is 0. The molecule has 7 aromatic rings. The first kappa shape index (κ1) is 18.9. The molecule has 0 bridgehead atoms. The maximum atomic E-state index is 5.52. The smallest absolute Gasteiger partial charge is 0.146 e. The van der Waals surface area contributed by atoms with Crippen LogP contribution in [0.4, 0.5) is 0 Å². The molecule has 0 N–H and O–H groups in total. The van der Waals surface area contributed by atoms with Crippen LogP contribution in [0.25, 0.3) is 55.2 Å². The molecule has 4 heteroatoms. The number of rotatable bonds is 3. The average molecular weight is 440 g/mol. The van der Waals surface area contributed by atoms with E-state index in [1.165, 1.54) is 5.39 Å². The molecule has 0 aliphatic carbocycles. The van der Waals surface area contributed by atoms with Crippen molar-refractivity contribution < 1.29 is 4.74 Å². The zero-order valence-electron chi connectivity index (χ0n) is 18.6. The number of ether oxygens (including phenoxy) is 1. The van der Waals surface area contributed by atoms with Gasteiger partial charge in [0.2, 0.25) is 0 Å². The van der Waals surface area contributed by atoms with E-state index in [0.29, 0.717) is 0 Å². The largest absolute Gasteiger partial charge is 0.497 e. The van der Waals surface area contributed by atoms with E-state index in [9.17, 15) is 0 Å². The van der Waals surface area contributed by atoms with Crippen molar-refractivity contribution in [3.8, 4) is 17.1 Å². The summed E-state index contributed by atoms with van der Waals surface area (Å²) in [6, 6.07) is 38.0. The predicted molar refractivity (Wildman–Crippen MR) is 139 cm³/mol. The van der Waals surface area contributed by atoms with Crippen LogP contribution in [0.3, 0.4) is 0 Å². The Balaban J connectivity index is 1.67. The van der Waals surface area contributed by atoms with Gasteiger partial charge in [0.05, 0.1) is 29.2 Å². The Kier molecular flexibility index (Phi) is 4.02. The minimum atomic E-state index is 0.832. The van der Waals surface area contributed by atoms with Crippen molar-refractivity contribution in [3.63, 3.8) is 0 Å². The second kappa shape index (κ2) is 7.22. The van der Waals surface area contributed by atoms with Crippen LogP contribution in [0.15, 0.2) is 109 Å². The predicted octanol–water partition coefficient (Wildman–Crippen LogP) is 7.28. The van der Waals surface area contributed by atoms with Gasteiger partial charge in [0.25, 0.3) is 0 Å². The third kappa shape index (κ3) is 2.63. The van der Waals surface area contributed by atoms with Gasteiger partial charge in [0, 0.05) is 33.6 Å². The van der Waals surface area contributed by atoms with E-state index in [4.69, 9.17) is 9.72 Å². The first-order valence-electron chi connectivity index (χ1n) is 11.4.